The van der Waals surface area contributed by atoms with E-state index in [1.165, 1.54) is 19.6 Å². The smallest absolute Gasteiger partial charge is 0.0457 e. The number of hydrogen-bond acceptors (Lipinski definition) is 1. The lowest BCUT2D eigenvalue weighted by atomic mass is 9.98. The largest absolute Gasteiger partial charge is 0.301 e. The maximum atomic E-state index is 3.33. The van der Waals surface area contributed by atoms with Crippen LogP contribution in [0, 0.1) is 29.6 Å². The zero-order valence-electron chi connectivity index (χ0n) is 9.30. The lowest BCUT2D eigenvalue weighted by Crippen LogP contribution is -2.47. The normalized spacial score (nSPS) is 18.6. The van der Waals surface area contributed by atoms with Gasteiger partial charge in [0, 0.05) is 31.5 Å². The summed E-state index contributed by atoms with van der Waals surface area (Å²) >= 11 is 0. The van der Waals surface area contributed by atoms with Gasteiger partial charge in [-0.1, -0.05) is 33.6 Å². The summed E-state index contributed by atoms with van der Waals surface area (Å²) in [5.41, 5.74) is 0. The second-order valence-electron chi connectivity index (χ2n) is 4.75. The van der Waals surface area contributed by atoms with Gasteiger partial charge in [-0.15, -0.1) is 5.92 Å². The highest BCUT2D eigenvalue weighted by atomic mass is 15.2. The summed E-state index contributed by atoms with van der Waals surface area (Å²) in [5.74, 6) is 8.55. The predicted molar refractivity (Wildman–Crippen MR) is 57.4 cm³/mol. The van der Waals surface area contributed by atoms with Crippen LogP contribution in [0.1, 0.15) is 27.7 Å². The average Bonchev–Trinajstić information content (AvgIpc) is 1.92. The van der Waals surface area contributed by atoms with Gasteiger partial charge in [-0.25, -0.2) is 0 Å². The van der Waals surface area contributed by atoms with Crippen LogP contribution in [0.3, 0.4) is 0 Å². The fourth-order valence-electron chi connectivity index (χ4n) is 1.61. The Morgan fingerprint density at radius 3 is 2.31 bits per heavy atom. The molecule has 1 saturated heterocycles. The summed E-state index contributed by atoms with van der Waals surface area (Å²) in [6.07, 6.45) is 0. The van der Waals surface area contributed by atoms with Crippen LogP contribution in [0.15, 0.2) is 0 Å². The van der Waals surface area contributed by atoms with Gasteiger partial charge in [0.05, 0.1) is 0 Å². The number of hydrogen-bond donors (Lipinski definition) is 0. The molecule has 1 rings (SSSR count). The molecule has 0 unspecified atom stereocenters. The third-order valence-corrected chi connectivity index (χ3v) is 2.16. The molecule has 0 saturated carbocycles. The van der Waals surface area contributed by atoms with Crippen LogP contribution in [-0.4, -0.2) is 24.5 Å². The van der Waals surface area contributed by atoms with E-state index in [2.05, 4.69) is 44.4 Å². The van der Waals surface area contributed by atoms with Gasteiger partial charge in [0.15, 0.2) is 0 Å². The first kappa shape index (κ1) is 10.6. The highest BCUT2D eigenvalue weighted by molar-refractivity contribution is 5.10. The van der Waals surface area contributed by atoms with Gasteiger partial charge in [-0.05, 0) is 5.92 Å². The van der Waals surface area contributed by atoms with Gasteiger partial charge in [0.2, 0.25) is 0 Å². The quantitative estimate of drug-likeness (QED) is 0.588. The van der Waals surface area contributed by atoms with Crippen LogP contribution in [0.2, 0.25) is 0 Å². The van der Waals surface area contributed by atoms with E-state index in [4.69, 9.17) is 0 Å². The zero-order valence-corrected chi connectivity index (χ0v) is 9.30. The molecule has 0 spiro atoms. The molecular formula is C12H21N. The van der Waals surface area contributed by atoms with Crippen molar-refractivity contribution in [1.82, 2.24) is 4.90 Å². The van der Waals surface area contributed by atoms with Crippen molar-refractivity contribution in [3.63, 3.8) is 0 Å². The SMILES string of the molecule is CC(C)C#CC1CN(CC(C)C)C1. The molecule has 0 atom stereocenters. The Kier molecular flexibility index (Phi) is 3.81. The van der Waals surface area contributed by atoms with Crippen LogP contribution in [0.25, 0.3) is 0 Å². The van der Waals surface area contributed by atoms with Gasteiger partial charge >= 0.3 is 0 Å². The van der Waals surface area contributed by atoms with E-state index < -0.39 is 0 Å². The van der Waals surface area contributed by atoms with E-state index in [0.29, 0.717) is 11.8 Å². The van der Waals surface area contributed by atoms with E-state index in [9.17, 15) is 0 Å². The lowest BCUT2D eigenvalue weighted by Gasteiger charge is -2.37. The Labute approximate surface area is 82.5 Å². The molecule has 0 aromatic rings. The Balaban J connectivity index is 2.16. The standard InChI is InChI=1S/C12H21N/c1-10(2)5-6-12-8-13(9-12)7-11(3)4/h10-12H,7-9H2,1-4H3. The predicted octanol–water partition coefficient (Wildman–Crippen LogP) is 2.23. The van der Waals surface area contributed by atoms with Crippen molar-refractivity contribution in [3.05, 3.63) is 0 Å². The van der Waals surface area contributed by atoms with Gasteiger partial charge in [-0.2, -0.15) is 0 Å². The molecule has 0 bridgehead atoms. The molecule has 1 heteroatoms. The minimum Gasteiger partial charge on any atom is -0.301 e. The van der Waals surface area contributed by atoms with Gasteiger partial charge in [0.1, 0.15) is 0 Å². The molecule has 0 N–H and O–H groups in total. The average molecular weight is 179 g/mol. The Morgan fingerprint density at radius 1 is 1.23 bits per heavy atom. The molecule has 0 aromatic carbocycles. The molecule has 0 aliphatic carbocycles. The van der Waals surface area contributed by atoms with Crippen molar-refractivity contribution in [3.8, 4) is 11.8 Å². The Bertz CT molecular complexity index is 201. The first-order valence-corrected chi connectivity index (χ1v) is 5.31. The number of nitrogens with zero attached hydrogens (tertiary/aromatic N) is 1. The molecule has 0 aromatic heterocycles. The Hall–Kier alpha value is -0.480. The molecule has 0 amide bonds. The fraction of sp³-hybridized carbons (Fsp3) is 0.833. The molecule has 0 radical (unpaired) electrons. The van der Waals surface area contributed by atoms with Crippen LogP contribution >= 0.6 is 0 Å². The van der Waals surface area contributed by atoms with Crippen LogP contribution in [0.4, 0.5) is 0 Å². The minimum atomic E-state index is 0.527. The van der Waals surface area contributed by atoms with Crippen molar-refractivity contribution in [1.29, 1.82) is 0 Å². The van der Waals surface area contributed by atoms with Gasteiger partial charge in [-0.3, -0.25) is 0 Å². The monoisotopic (exact) mass is 179 g/mol. The van der Waals surface area contributed by atoms with E-state index in [0.717, 1.165) is 5.92 Å². The van der Waals surface area contributed by atoms with Gasteiger partial charge < -0.3 is 4.90 Å². The van der Waals surface area contributed by atoms with Crippen LogP contribution < -0.4 is 0 Å². The molecule has 13 heavy (non-hydrogen) atoms. The van der Waals surface area contributed by atoms with Crippen LogP contribution in [0.5, 0.6) is 0 Å². The molecule has 1 aliphatic rings. The summed E-state index contributed by atoms with van der Waals surface area (Å²) in [5, 5.41) is 0. The summed E-state index contributed by atoms with van der Waals surface area (Å²) in [6.45, 7) is 12.5. The van der Waals surface area contributed by atoms with Crippen molar-refractivity contribution in [2.45, 2.75) is 27.7 Å². The highest BCUT2D eigenvalue weighted by Crippen LogP contribution is 2.15. The third kappa shape index (κ3) is 3.83. The minimum absolute atomic E-state index is 0.527. The maximum Gasteiger partial charge on any atom is 0.0457 e. The summed E-state index contributed by atoms with van der Waals surface area (Å²) in [6, 6.07) is 0. The summed E-state index contributed by atoms with van der Waals surface area (Å²) in [7, 11) is 0. The highest BCUT2D eigenvalue weighted by Gasteiger charge is 2.24. The topological polar surface area (TPSA) is 3.24 Å². The van der Waals surface area contributed by atoms with E-state index in [-0.39, 0.29) is 0 Å². The van der Waals surface area contributed by atoms with E-state index >= 15 is 0 Å². The van der Waals surface area contributed by atoms with E-state index in [1.54, 1.807) is 0 Å². The second-order valence-corrected chi connectivity index (χ2v) is 4.75. The molecule has 1 heterocycles. The first-order chi connectivity index (χ1) is 6.08. The first-order valence-electron chi connectivity index (χ1n) is 5.31. The number of likely N-dealkylation sites (tertiary alicyclic amines) is 1. The van der Waals surface area contributed by atoms with Crippen molar-refractivity contribution < 1.29 is 0 Å². The molecule has 1 fully saturated rings. The Morgan fingerprint density at radius 2 is 1.85 bits per heavy atom. The second kappa shape index (κ2) is 4.67. The third-order valence-electron chi connectivity index (χ3n) is 2.16. The molecule has 74 valence electrons. The summed E-state index contributed by atoms with van der Waals surface area (Å²) in [4.78, 5) is 2.49. The van der Waals surface area contributed by atoms with Crippen molar-refractivity contribution >= 4 is 0 Å². The molecular weight excluding hydrogens is 158 g/mol. The number of rotatable bonds is 2. The fourth-order valence-corrected chi connectivity index (χ4v) is 1.61. The molecule has 1 aliphatic heterocycles. The van der Waals surface area contributed by atoms with Gasteiger partial charge in [0.25, 0.3) is 0 Å². The lowest BCUT2D eigenvalue weighted by molar-refractivity contribution is 0.120. The van der Waals surface area contributed by atoms with E-state index in [1.807, 2.05) is 0 Å². The maximum absolute atomic E-state index is 3.33. The zero-order chi connectivity index (χ0) is 9.84. The van der Waals surface area contributed by atoms with Crippen molar-refractivity contribution in [2.24, 2.45) is 17.8 Å². The van der Waals surface area contributed by atoms with Crippen LogP contribution in [-0.2, 0) is 0 Å². The van der Waals surface area contributed by atoms with Crippen molar-refractivity contribution in [2.75, 3.05) is 19.6 Å². The molecule has 1 nitrogen and oxygen atoms in total. The summed E-state index contributed by atoms with van der Waals surface area (Å²) < 4.78 is 0.